The average Bonchev–Trinajstić information content (AvgIpc) is 2.88. The van der Waals surface area contributed by atoms with Crippen LogP contribution in [0.15, 0.2) is 12.1 Å². The Morgan fingerprint density at radius 1 is 1.30 bits per heavy atom. The van der Waals surface area contributed by atoms with Crippen LogP contribution in [0, 0.1) is 12.7 Å². The molecule has 2 aliphatic rings. The number of aryl methyl sites for hydroxylation is 1. The summed E-state index contributed by atoms with van der Waals surface area (Å²) in [5.74, 6) is -0.232. The topological polar surface area (TPSA) is 26.7 Å². The van der Waals surface area contributed by atoms with Crippen LogP contribution in [-0.2, 0) is 0 Å². The normalized spacial score (nSPS) is 24.8. The summed E-state index contributed by atoms with van der Waals surface area (Å²) in [7, 11) is 0. The monoisotopic (exact) mass is 278 g/mol. The molecule has 110 valence electrons. The fraction of sp³-hybridized carbons (Fsp3) is 0.625. The lowest BCUT2D eigenvalue weighted by Gasteiger charge is -2.40. The van der Waals surface area contributed by atoms with Crippen molar-refractivity contribution in [3.63, 3.8) is 0 Å². The maximum absolute atomic E-state index is 13.8. The summed E-state index contributed by atoms with van der Waals surface area (Å²) in [6.07, 6.45) is 1.90. The van der Waals surface area contributed by atoms with Crippen molar-refractivity contribution >= 4 is 5.69 Å². The second-order valence-corrected chi connectivity index (χ2v) is 6.11. The van der Waals surface area contributed by atoms with Crippen LogP contribution in [0.1, 0.15) is 37.0 Å². The Labute approximate surface area is 120 Å². The number of hydrogen-bond donors (Lipinski definition) is 1. The van der Waals surface area contributed by atoms with Gasteiger partial charge in [0.05, 0.1) is 6.10 Å². The Balaban J connectivity index is 1.91. The Morgan fingerprint density at radius 3 is 2.85 bits per heavy atom. The predicted molar refractivity (Wildman–Crippen MR) is 78.6 cm³/mol. The van der Waals surface area contributed by atoms with Crippen LogP contribution >= 0.6 is 0 Å². The molecule has 0 saturated carbocycles. The highest BCUT2D eigenvalue weighted by molar-refractivity contribution is 5.57. The molecule has 0 radical (unpaired) electrons. The van der Waals surface area contributed by atoms with E-state index in [0.717, 1.165) is 25.3 Å². The largest absolute Gasteiger partial charge is 0.389 e. The third-order valence-electron chi connectivity index (χ3n) is 4.69. The number of benzene rings is 1. The lowest BCUT2D eigenvalue weighted by atomic mass is 10.0. The van der Waals surface area contributed by atoms with Gasteiger partial charge in [-0.2, -0.15) is 0 Å². The number of hydrogen-bond acceptors (Lipinski definition) is 3. The van der Waals surface area contributed by atoms with Gasteiger partial charge in [-0.15, -0.1) is 0 Å². The van der Waals surface area contributed by atoms with Gasteiger partial charge in [0, 0.05) is 36.9 Å². The van der Waals surface area contributed by atoms with E-state index < -0.39 is 6.10 Å². The maximum atomic E-state index is 13.8. The van der Waals surface area contributed by atoms with E-state index in [1.165, 1.54) is 25.5 Å². The predicted octanol–water partition coefficient (Wildman–Crippen LogP) is 2.47. The van der Waals surface area contributed by atoms with Crippen LogP contribution in [0.4, 0.5) is 10.1 Å². The van der Waals surface area contributed by atoms with Gasteiger partial charge >= 0.3 is 0 Å². The highest BCUT2D eigenvalue weighted by Gasteiger charge is 2.31. The fourth-order valence-electron chi connectivity index (χ4n) is 3.50. The molecule has 2 unspecified atom stereocenters. The number of piperazine rings is 1. The van der Waals surface area contributed by atoms with Crippen LogP contribution in [-0.4, -0.2) is 42.2 Å². The Bertz CT molecular complexity index is 503. The molecular formula is C16H23FN2O. The molecule has 0 amide bonds. The summed E-state index contributed by atoms with van der Waals surface area (Å²) < 4.78 is 13.8. The first-order valence-corrected chi connectivity index (χ1v) is 7.53. The minimum atomic E-state index is -0.637. The van der Waals surface area contributed by atoms with E-state index in [9.17, 15) is 9.50 Å². The molecule has 1 aromatic rings. The third kappa shape index (κ3) is 2.42. The zero-order valence-electron chi connectivity index (χ0n) is 12.3. The summed E-state index contributed by atoms with van der Waals surface area (Å²) in [6.45, 7) is 7.73. The molecule has 0 bridgehead atoms. The van der Waals surface area contributed by atoms with Gasteiger partial charge in [0.15, 0.2) is 0 Å². The fourth-order valence-corrected chi connectivity index (χ4v) is 3.50. The number of fused-ring (bicyclic) bond motifs is 1. The molecule has 2 saturated heterocycles. The first kappa shape index (κ1) is 13.8. The van der Waals surface area contributed by atoms with Crippen LogP contribution in [0.3, 0.4) is 0 Å². The lowest BCUT2D eigenvalue weighted by molar-refractivity contribution is 0.197. The van der Waals surface area contributed by atoms with E-state index in [1.54, 1.807) is 13.8 Å². The minimum absolute atomic E-state index is 0.232. The number of nitrogens with zero attached hydrogens (tertiary/aromatic N) is 2. The summed E-state index contributed by atoms with van der Waals surface area (Å²) in [5, 5.41) is 9.93. The average molecular weight is 278 g/mol. The van der Waals surface area contributed by atoms with Gasteiger partial charge in [-0.1, -0.05) is 0 Å². The quantitative estimate of drug-likeness (QED) is 0.900. The van der Waals surface area contributed by atoms with E-state index in [0.29, 0.717) is 17.2 Å². The van der Waals surface area contributed by atoms with Crippen LogP contribution < -0.4 is 4.90 Å². The van der Waals surface area contributed by atoms with E-state index in [4.69, 9.17) is 0 Å². The Hall–Kier alpha value is -1.13. The SMILES string of the molecule is Cc1cc(N2CCN3CCCC3C2)c(C(C)O)cc1F. The molecule has 0 spiro atoms. The highest BCUT2D eigenvalue weighted by Crippen LogP contribution is 2.32. The molecule has 0 aliphatic carbocycles. The number of rotatable bonds is 2. The molecule has 0 aromatic heterocycles. The molecule has 1 aromatic carbocycles. The first-order chi connectivity index (χ1) is 9.56. The van der Waals surface area contributed by atoms with Crippen molar-refractivity contribution in [1.82, 2.24) is 4.90 Å². The zero-order valence-corrected chi connectivity index (χ0v) is 12.3. The van der Waals surface area contributed by atoms with Gasteiger partial charge < -0.3 is 10.0 Å². The van der Waals surface area contributed by atoms with Gasteiger partial charge in [-0.05, 0) is 50.9 Å². The summed E-state index contributed by atoms with van der Waals surface area (Å²) in [6, 6.07) is 4.01. The number of aliphatic hydroxyl groups is 1. The summed E-state index contributed by atoms with van der Waals surface area (Å²) in [4.78, 5) is 4.87. The van der Waals surface area contributed by atoms with E-state index >= 15 is 0 Å². The molecule has 2 atom stereocenters. The highest BCUT2D eigenvalue weighted by atomic mass is 19.1. The molecule has 2 aliphatic heterocycles. The standard InChI is InChI=1S/C16H23FN2O/c1-11-8-16(14(12(2)20)9-15(11)17)19-7-6-18-5-3-4-13(18)10-19/h8-9,12-13,20H,3-7,10H2,1-2H3. The van der Waals surface area contributed by atoms with Crippen LogP contribution in [0.25, 0.3) is 0 Å². The molecule has 2 fully saturated rings. The molecule has 2 heterocycles. The number of anilines is 1. The van der Waals surface area contributed by atoms with Crippen molar-refractivity contribution in [3.05, 3.63) is 29.1 Å². The van der Waals surface area contributed by atoms with Gasteiger partial charge in [-0.25, -0.2) is 4.39 Å². The molecule has 4 heteroatoms. The third-order valence-corrected chi connectivity index (χ3v) is 4.69. The molecule has 1 N–H and O–H groups in total. The lowest BCUT2D eigenvalue weighted by Crippen LogP contribution is -2.50. The van der Waals surface area contributed by atoms with Gasteiger partial charge in [0.2, 0.25) is 0 Å². The Kier molecular flexibility index (Phi) is 3.69. The van der Waals surface area contributed by atoms with Crippen molar-refractivity contribution in [2.45, 2.75) is 38.8 Å². The zero-order chi connectivity index (χ0) is 14.3. The number of aliphatic hydroxyl groups excluding tert-OH is 1. The van der Waals surface area contributed by atoms with Crippen molar-refractivity contribution in [1.29, 1.82) is 0 Å². The first-order valence-electron chi connectivity index (χ1n) is 7.53. The molecular weight excluding hydrogens is 255 g/mol. The summed E-state index contributed by atoms with van der Waals surface area (Å²) in [5.41, 5.74) is 2.36. The van der Waals surface area contributed by atoms with Crippen LogP contribution in [0.2, 0.25) is 0 Å². The van der Waals surface area contributed by atoms with E-state index in [1.807, 2.05) is 6.07 Å². The second kappa shape index (κ2) is 5.34. The Morgan fingerprint density at radius 2 is 2.10 bits per heavy atom. The van der Waals surface area contributed by atoms with Gasteiger partial charge in [0.1, 0.15) is 5.82 Å². The summed E-state index contributed by atoms with van der Waals surface area (Å²) >= 11 is 0. The molecule has 3 rings (SSSR count). The van der Waals surface area contributed by atoms with Gasteiger partial charge in [-0.3, -0.25) is 4.90 Å². The van der Waals surface area contributed by atoms with Crippen molar-refractivity contribution in [3.8, 4) is 0 Å². The second-order valence-electron chi connectivity index (χ2n) is 6.11. The minimum Gasteiger partial charge on any atom is -0.389 e. The van der Waals surface area contributed by atoms with Gasteiger partial charge in [0.25, 0.3) is 0 Å². The van der Waals surface area contributed by atoms with Crippen molar-refractivity contribution < 1.29 is 9.50 Å². The van der Waals surface area contributed by atoms with Crippen LogP contribution in [0.5, 0.6) is 0 Å². The molecule has 20 heavy (non-hydrogen) atoms. The van der Waals surface area contributed by atoms with E-state index in [2.05, 4.69) is 9.80 Å². The van der Waals surface area contributed by atoms with E-state index in [-0.39, 0.29) is 5.82 Å². The maximum Gasteiger partial charge on any atom is 0.126 e. The number of halogens is 1. The van der Waals surface area contributed by atoms with Crippen molar-refractivity contribution in [2.75, 3.05) is 31.1 Å². The van der Waals surface area contributed by atoms with Crippen molar-refractivity contribution in [2.24, 2.45) is 0 Å². The molecule has 3 nitrogen and oxygen atoms in total. The smallest absolute Gasteiger partial charge is 0.126 e.